The molecule has 13 heavy (non-hydrogen) atoms. The van der Waals surface area contributed by atoms with Crippen molar-refractivity contribution in [3.63, 3.8) is 0 Å². The predicted octanol–water partition coefficient (Wildman–Crippen LogP) is 4.39. The molecule has 0 heteroatoms. The Hall–Kier alpha value is 0. The molecule has 0 aliphatic heterocycles. The molecule has 2 aliphatic rings. The van der Waals surface area contributed by atoms with Crippen LogP contribution in [0.4, 0.5) is 0 Å². The van der Waals surface area contributed by atoms with Crippen LogP contribution in [0.3, 0.4) is 0 Å². The Morgan fingerprint density at radius 1 is 1.00 bits per heavy atom. The van der Waals surface area contributed by atoms with E-state index in [1.165, 1.54) is 57.8 Å². The molecule has 0 N–H and O–H groups in total. The van der Waals surface area contributed by atoms with Crippen molar-refractivity contribution >= 4 is 0 Å². The van der Waals surface area contributed by atoms with Gasteiger partial charge in [0, 0.05) is 0 Å². The molecule has 0 spiro atoms. The fraction of sp³-hybridized carbons (Fsp3) is 1.00. The molecule has 0 radical (unpaired) electrons. The van der Waals surface area contributed by atoms with Gasteiger partial charge in [-0.3, -0.25) is 0 Å². The zero-order valence-corrected chi connectivity index (χ0v) is 9.10. The molecule has 1 unspecified atom stereocenters. The summed E-state index contributed by atoms with van der Waals surface area (Å²) in [5.74, 6) is 3.26. The molecule has 76 valence electrons. The smallest absolute Gasteiger partial charge is 0.0388 e. The summed E-state index contributed by atoms with van der Waals surface area (Å²) < 4.78 is 0. The highest BCUT2D eigenvalue weighted by Gasteiger charge is 2.24. The minimum atomic E-state index is 1.04. The summed E-state index contributed by atoms with van der Waals surface area (Å²) in [6.07, 6.45) is 13.8. The second kappa shape index (κ2) is 4.48. The van der Waals surface area contributed by atoms with Crippen molar-refractivity contribution in [1.82, 2.24) is 0 Å². The van der Waals surface area contributed by atoms with E-state index in [0.29, 0.717) is 0 Å². The standard InChI is InChI=1S/C13H24/c1-11(13-7-4-8-13)9-10-12-5-2-3-6-12/h11-13H,2-10H2,1H3. The second-order valence-corrected chi connectivity index (χ2v) is 5.40. The van der Waals surface area contributed by atoms with Gasteiger partial charge in [-0.2, -0.15) is 0 Å². The summed E-state index contributed by atoms with van der Waals surface area (Å²) in [5, 5.41) is 0. The van der Waals surface area contributed by atoms with Gasteiger partial charge in [-0.1, -0.05) is 64.7 Å². The van der Waals surface area contributed by atoms with Crippen LogP contribution in [0.25, 0.3) is 0 Å². The van der Waals surface area contributed by atoms with Crippen molar-refractivity contribution in [2.75, 3.05) is 0 Å². The van der Waals surface area contributed by atoms with E-state index >= 15 is 0 Å². The van der Waals surface area contributed by atoms with E-state index < -0.39 is 0 Å². The van der Waals surface area contributed by atoms with Crippen molar-refractivity contribution in [2.24, 2.45) is 17.8 Å². The molecule has 0 nitrogen and oxygen atoms in total. The third-order valence-corrected chi connectivity index (χ3v) is 4.46. The highest BCUT2D eigenvalue weighted by atomic mass is 14.3. The molecule has 2 fully saturated rings. The lowest BCUT2D eigenvalue weighted by Crippen LogP contribution is -2.20. The Kier molecular flexibility index (Phi) is 3.29. The first-order chi connectivity index (χ1) is 6.36. The highest BCUT2D eigenvalue weighted by Crippen LogP contribution is 2.37. The van der Waals surface area contributed by atoms with Crippen molar-refractivity contribution in [3.8, 4) is 0 Å². The summed E-state index contributed by atoms with van der Waals surface area (Å²) in [6.45, 7) is 2.48. The Morgan fingerprint density at radius 3 is 2.23 bits per heavy atom. The van der Waals surface area contributed by atoms with Gasteiger partial charge >= 0.3 is 0 Å². The van der Waals surface area contributed by atoms with E-state index in [2.05, 4.69) is 6.92 Å². The highest BCUT2D eigenvalue weighted by molar-refractivity contribution is 4.76. The molecule has 0 aromatic rings. The van der Waals surface area contributed by atoms with Crippen molar-refractivity contribution < 1.29 is 0 Å². The fourth-order valence-electron chi connectivity index (χ4n) is 3.04. The molecular formula is C13H24. The van der Waals surface area contributed by atoms with Gasteiger partial charge < -0.3 is 0 Å². The third-order valence-electron chi connectivity index (χ3n) is 4.46. The summed E-state index contributed by atoms with van der Waals surface area (Å²) in [6, 6.07) is 0. The lowest BCUT2D eigenvalue weighted by molar-refractivity contribution is 0.200. The SMILES string of the molecule is CC(CCC1CCCC1)C1CCC1. The first-order valence-electron chi connectivity index (χ1n) is 6.36. The zero-order valence-electron chi connectivity index (χ0n) is 9.10. The van der Waals surface area contributed by atoms with Gasteiger partial charge in [0.25, 0.3) is 0 Å². The van der Waals surface area contributed by atoms with Crippen molar-refractivity contribution in [2.45, 2.75) is 64.7 Å². The minimum absolute atomic E-state index is 1.04. The molecule has 0 amide bonds. The monoisotopic (exact) mass is 180 g/mol. The molecule has 2 aliphatic carbocycles. The number of hydrogen-bond donors (Lipinski definition) is 0. The van der Waals surface area contributed by atoms with Crippen molar-refractivity contribution in [1.29, 1.82) is 0 Å². The quantitative estimate of drug-likeness (QED) is 0.602. The largest absolute Gasteiger partial charge is 0.0622 e. The van der Waals surface area contributed by atoms with Crippen LogP contribution in [0.5, 0.6) is 0 Å². The Morgan fingerprint density at radius 2 is 1.69 bits per heavy atom. The lowest BCUT2D eigenvalue weighted by Gasteiger charge is -2.32. The Balaban J connectivity index is 1.60. The predicted molar refractivity (Wildman–Crippen MR) is 57.7 cm³/mol. The molecule has 0 aromatic heterocycles. The van der Waals surface area contributed by atoms with E-state index in [0.717, 1.165) is 17.8 Å². The summed E-state index contributed by atoms with van der Waals surface area (Å²) >= 11 is 0. The second-order valence-electron chi connectivity index (χ2n) is 5.40. The molecule has 0 saturated heterocycles. The fourth-order valence-corrected chi connectivity index (χ4v) is 3.04. The van der Waals surface area contributed by atoms with Gasteiger partial charge in [0.1, 0.15) is 0 Å². The van der Waals surface area contributed by atoms with Gasteiger partial charge in [-0.15, -0.1) is 0 Å². The molecule has 0 heterocycles. The van der Waals surface area contributed by atoms with Crippen LogP contribution >= 0.6 is 0 Å². The Bertz CT molecular complexity index is 140. The van der Waals surface area contributed by atoms with E-state index in [1.807, 2.05) is 0 Å². The molecule has 1 atom stereocenters. The van der Waals surface area contributed by atoms with E-state index in [9.17, 15) is 0 Å². The van der Waals surface area contributed by atoms with Crippen LogP contribution < -0.4 is 0 Å². The van der Waals surface area contributed by atoms with E-state index in [4.69, 9.17) is 0 Å². The average molecular weight is 180 g/mol. The molecular weight excluding hydrogens is 156 g/mol. The van der Waals surface area contributed by atoms with Gasteiger partial charge in [-0.05, 0) is 17.8 Å². The summed E-state index contributed by atoms with van der Waals surface area (Å²) in [5.41, 5.74) is 0. The molecule has 0 aromatic carbocycles. The van der Waals surface area contributed by atoms with Crippen LogP contribution in [-0.4, -0.2) is 0 Å². The first kappa shape index (κ1) is 9.55. The van der Waals surface area contributed by atoms with Crippen LogP contribution in [0, 0.1) is 17.8 Å². The zero-order chi connectivity index (χ0) is 9.10. The maximum atomic E-state index is 2.48. The van der Waals surface area contributed by atoms with E-state index in [1.54, 1.807) is 0 Å². The molecule has 0 bridgehead atoms. The van der Waals surface area contributed by atoms with Gasteiger partial charge in [0.2, 0.25) is 0 Å². The van der Waals surface area contributed by atoms with Gasteiger partial charge in [-0.25, -0.2) is 0 Å². The summed E-state index contributed by atoms with van der Waals surface area (Å²) in [4.78, 5) is 0. The summed E-state index contributed by atoms with van der Waals surface area (Å²) in [7, 11) is 0. The van der Waals surface area contributed by atoms with Gasteiger partial charge in [0.15, 0.2) is 0 Å². The van der Waals surface area contributed by atoms with Crippen LogP contribution in [-0.2, 0) is 0 Å². The Labute approximate surface area is 83.1 Å². The minimum Gasteiger partial charge on any atom is -0.0622 e. The van der Waals surface area contributed by atoms with Crippen molar-refractivity contribution in [3.05, 3.63) is 0 Å². The maximum Gasteiger partial charge on any atom is -0.0388 e. The normalized spacial score (nSPS) is 27.5. The van der Waals surface area contributed by atoms with Gasteiger partial charge in [0.05, 0.1) is 0 Å². The van der Waals surface area contributed by atoms with Crippen LogP contribution in [0.15, 0.2) is 0 Å². The molecule has 2 saturated carbocycles. The molecule has 2 rings (SSSR count). The van der Waals surface area contributed by atoms with Crippen LogP contribution in [0.1, 0.15) is 64.7 Å². The van der Waals surface area contributed by atoms with Crippen LogP contribution in [0.2, 0.25) is 0 Å². The van der Waals surface area contributed by atoms with E-state index in [-0.39, 0.29) is 0 Å². The number of rotatable bonds is 4. The average Bonchev–Trinajstić information content (AvgIpc) is 2.49. The topological polar surface area (TPSA) is 0 Å². The third kappa shape index (κ3) is 2.48. The number of hydrogen-bond acceptors (Lipinski definition) is 0. The lowest BCUT2D eigenvalue weighted by atomic mass is 9.74. The first-order valence-corrected chi connectivity index (χ1v) is 6.36. The maximum absolute atomic E-state index is 2.48.